The van der Waals surface area contributed by atoms with Crippen LogP contribution in [-0.2, 0) is 19.1 Å². The number of amides is 1. The van der Waals surface area contributed by atoms with Gasteiger partial charge >= 0.3 is 5.97 Å². The molecule has 0 spiro atoms. The van der Waals surface area contributed by atoms with Crippen LogP contribution in [0.25, 0.3) is 0 Å². The summed E-state index contributed by atoms with van der Waals surface area (Å²) < 4.78 is 10.0. The Balaban J connectivity index is 2.52. The van der Waals surface area contributed by atoms with Crippen molar-refractivity contribution in [3.8, 4) is 0 Å². The molecule has 1 amide bonds. The molecule has 0 radical (unpaired) electrons. The molecule has 0 bridgehead atoms. The van der Waals surface area contributed by atoms with E-state index in [1.54, 1.807) is 11.8 Å². The van der Waals surface area contributed by atoms with Gasteiger partial charge in [0, 0.05) is 25.6 Å². The summed E-state index contributed by atoms with van der Waals surface area (Å²) in [6.45, 7) is 6.29. The van der Waals surface area contributed by atoms with Crippen LogP contribution in [0.1, 0.15) is 20.3 Å². The van der Waals surface area contributed by atoms with E-state index in [0.29, 0.717) is 25.6 Å². The fourth-order valence-corrected chi connectivity index (χ4v) is 1.94. The molecule has 1 rings (SSSR count). The summed E-state index contributed by atoms with van der Waals surface area (Å²) in [4.78, 5) is 25.1. The summed E-state index contributed by atoms with van der Waals surface area (Å²) >= 11 is 0. The Morgan fingerprint density at radius 3 is 2.72 bits per heavy atom. The first-order valence-corrected chi connectivity index (χ1v) is 6.38. The van der Waals surface area contributed by atoms with Crippen LogP contribution >= 0.6 is 0 Å². The van der Waals surface area contributed by atoms with Crippen LogP contribution in [0.2, 0.25) is 0 Å². The Labute approximate surface area is 107 Å². The summed E-state index contributed by atoms with van der Waals surface area (Å²) in [5.74, 6) is -0.699. The monoisotopic (exact) mass is 258 g/mol. The van der Waals surface area contributed by atoms with Crippen LogP contribution in [0.3, 0.4) is 0 Å². The van der Waals surface area contributed by atoms with E-state index in [1.807, 2.05) is 6.92 Å². The van der Waals surface area contributed by atoms with Crippen molar-refractivity contribution >= 4 is 11.9 Å². The lowest BCUT2D eigenvalue weighted by molar-refractivity contribution is -0.151. The van der Waals surface area contributed by atoms with Crippen LogP contribution in [0.4, 0.5) is 0 Å². The van der Waals surface area contributed by atoms with Gasteiger partial charge in [-0.05, 0) is 20.3 Å². The normalized spacial score (nSPS) is 20.5. The number of esters is 1. The first-order chi connectivity index (χ1) is 8.60. The van der Waals surface area contributed by atoms with Crippen LogP contribution in [0.15, 0.2) is 0 Å². The van der Waals surface area contributed by atoms with Crippen molar-refractivity contribution in [2.24, 2.45) is 11.7 Å². The third-order valence-electron chi connectivity index (χ3n) is 3.00. The van der Waals surface area contributed by atoms with Gasteiger partial charge in [0.05, 0.1) is 13.2 Å². The Bertz CT molecular complexity index is 290. The van der Waals surface area contributed by atoms with E-state index in [0.717, 1.165) is 13.0 Å². The van der Waals surface area contributed by atoms with Crippen LogP contribution < -0.4 is 5.73 Å². The van der Waals surface area contributed by atoms with Crippen molar-refractivity contribution in [3.63, 3.8) is 0 Å². The molecule has 1 saturated heterocycles. The molecule has 1 aliphatic heterocycles. The molecule has 0 aromatic rings. The smallest absolute Gasteiger partial charge is 0.332 e. The predicted molar refractivity (Wildman–Crippen MR) is 65.8 cm³/mol. The van der Waals surface area contributed by atoms with E-state index in [2.05, 4.69) is 0 Å². The molecule has 0 saturated carbocycles. The second-order valence-electron chi connectivity index (χ2n) is 4.34. The van der Waals surface area contributed by atoms with Gasteiger partial charge in [-0.15, -0.1) is 0 Å². The average Bonchev–Trinajstić information content (AvgIpc) is 2.87. The average molecular weight is 258 g/mol. The number of hydrogen-bond acceptors (Lipinski definition) is 5. The minimum absolute atomic E-state index is 0.225. The topological polar surface area (TPSA) is 81.9 Å². The fraction of sp³-hybridized carbons (Fsp3) is 0.833. The zero-order valence-electron chi connectivity index (χ0n) is 11.1. The highest BCUT2D eigenvalue weighted by Crippen LogP contribution is 2.14. The maximum atomic E-state index is 12.0. The molecule has 2 atom stereocenters. The lowest BCUT2D eigenvalue weighted by Crippen LogP contribution is -2.50. The molecule has 0 aliphatic carbocycles. The van der Waals surface area contributed by atoms with E-state index in [-0.39, 0.29) is 12.5 Å². The summed E-state index contributed by atoms with van der Waals surface area (Å²) in [6, 6.07) is -1.22. The highest BCUT2D eigenvalue weighted by molar-refractivity contribution is 6.01. The predicted octanol–water partition coefficient (Wildman–Crippen LogP) is -0.238. The Morgan fingerprint density at radius 1 is 1.50 bits per heavy atom. The number of carbonyl (C=O) groups is 2. The van der Waals surface area contributed by atoms with Crippen LogP contribution in [-0.4, -0.2) is 55.7 Å². The Morgan fingerprint density at radius 2 is 2.22 bits per heavy atom. The molecule has 2 N–H and O–H groups in total. The first kappa shape index (κ1) is 14.9. The van der Waals surface area contributed by atoms with E-state index in [9.17, 15) is 9.59 Å². The van der Waals surface area contributed by atoms with E-state index < -0.39 is 12.0 Å². The van der Waals surface area contributed by atoms with Gasteiger partial charge < -0.3 is 20.1 Å². The van der Waals surface area contributed by atoms with Gasteiger partial charge in [-0.1, -0.05) is 0 Å². The SMILES string of the molecule is CCOC(=O)C(N)C(=O)N(CC)CC1CCOC1. The maximum absolute atomic E-state index is 12.0. The van der Waals surface area contributed by atoms with Gasteiger partial charge in [0.15, 0.2) is 6.04 Å². The lowest BCUT2D eigenvalue weighted by atomic mass is 10.1. The molecule has 18 heavy (non-hydrogen) atoms. The molecule has 2 unspecified atom stereocenters. The van der Waals surface area contributed by atoms with Gasteiger partial charge in [0.2, 0.25) is 0 Å². The highest BCUT2D eigenvalue weighted by atomic mass is 16.5. The van der Waals surface area contributed by atoms with Gasteiger partial charge in [-0.3, -0.25) is 4.79 Å². The molecule has 1 heterocycles. The van der Waals surface area contributed by atoms with Gasteiger partial charge in [0.25, 0.3) is 5.91 Å². The summed E-state index contributed by atoms with van der Waals surface area (Å²) in [5, 5.41) is 0. The molecular formula is C12H22N2O4. The van der Waals surface area contributed by atoms with Crippen molar-refractivity contribution in [3.05, 3.63) is 0 Å². The third-order valence-corrected chi connectivity index (χ3v) is 3.00. The first-order valence-electron chi connectivity index (χ1n) is 6.38. The summed E-state index contributed by atoms with van der Waals surface area (Å²) in [6.07, 6.45) is 0.943. The number of nitrogens with zero attached hydrogens (tertiary/aromatic N) is 1. The van der Waals surface area contributed by atoms with Crippen LogP contribution in [0, 0.1) is 5.92 Å². The Hall–Kier alpha value is -1.14. The van der Waals surface area contributed by atoms with Gasteiger partial charge in [-0.25, -0.2) is 4.79 Å². The third kappa shape index (κ3) is 3.96. The Kier molecular flexibility index (Phi) is 6.07. The van der Waals surface area contributed by atoms with E-state index >= 15 is 0 Å². The minimum atomic E-state index is -1.22. The largest absolute Gasteiger partial charge is 0.464 e. The maximum Gasteiger partial charge on any atom is 0.332 e. The van der Waals surface area contributed by atoms with Crippen LogP contribution in [0.5, 0.6) is 0 Å². The minimum Gasteiger partial charge on any atom is -0.464 e. The number of hydrogen-bond donors (Lipinski definition) is 1. The van der Waals surface area contributed by atoms with Gasteiger partial charge in [-0.2, -0.15) is 0 Å². The molecule has 6 heteroatoms. The van der Waals surface area contributed by atoms with Crippen molar-refractivity contribution in [1.29, 1.82) is 0 Å². The fourth-order valence-electron chi connectivity index (χ4n) is 1.94. The number of nitrogens with two attached hydrogens (primary N) is 1. The molecule has 1 fully saturated rings. The molecule has 104 valence electrons. The molecular weight excluding hydrogens is 236 g/mol. The molecule has 0 aromatic carbocycles. The van der Waals surface area contributed by atoms with Crippen molar-refractivity contribution < 1.29 is 19.1 Å². The quantitative estimate of drug-likeness (QED) is 0.525. The lowest BCUT2D eigenvalue weighted by Gasteiger charge is -2.25. The van der Waals surface area contributed by atoms with Gasteiger partial charge in [0.1, 0.15) is 0 Å². The summed E-state index contributed by atoms with van der Waals surface area (Å²) in [7, 11) is 0. The molecule has 0 aromatic heterocycles. The second-order valence-corrected chi connectivity index (χ2v) is 4.34. The van der Waals surface area contributed by atoms with Crippen molar-refractivity contribution in [2.45, 2.75) is 26.3 Å². The number of rotatable bonds is 6. The number of ether oxygens (including phenoxy) is 2. The molecule has 1 aliphatic rings. The van der Waals surface area contributed by atoms with Crippen molar-refractivity contribution in [2.75, 3.05) is 32.9 Å². The van der Waals surface area contributed by atoms with Crippen molar-refractivity contribution in [1.82, 2.24) is 4.90 Å². The zero-order chi connectivity index (χ0) is 13.5. The van der Waals surface area contributed by atoms with E-state index in [4.69, 9.17) is 15.2 Å². The highest BCUT2D eigenvalue weighted by Gasteiger charge is 2.29. The number of carbonyl (C=O) groups excluding carboxylic acids is 2. The zero-order valence-corrected chi connectivity index (χ0v) is 11.1. The van der Waals surface area contributed by atoms with E-state index in [1.165, 1.54) is 0 Å². The second kappa shape index (κ2) is 7.33. The number of likely N-dealkylation sites (N-methyl/N-ethyl adjacent to an activating group) is 1. The molecule has 6 nitrogen and oxygen atoms in total. The summed E-state index contributed by atoms with van der Waals surface area (Å²) in [5.41, 5.74) is 5.60. The standard InChI is InChI=1S/C12H22N2O4/c1-3-14(7-9-5-6-17-8-9)11(15)10(13)12(16)18-4-2/h9-10H,3-8,13H2,1-2H3.